The molecule has 0 saturated carbocycles. The summed E-state index contributed by atoms with van der Waals surface area (Å²) >= 11 is 0. The zero-order chi connectivity index (χ0) is 32.9. The SMILES string of the molecule is c1ccc(C23c4ccccc4-c4cccc(c42)C2(c4ccccc4-c4cccc(-c5ccc(-c6ccccn6)cc5)c42)c2ccccc23)cc1. The molecule has 232 valence electrons. The summed E-state index contributed by atoms with van der Waals surface area (Å²) in [5, 5.41) is 0. The van der Waals surface area contributed by atoms with Gasteiger partial charge in [-0.1, -0.05) is 170 Å². The molecule has 3 aliphatic carbocycles. The van der Waals surface area contributed by atoms with Gasteiger partial charge in [-0.05, 0) is 90.0 Å². The van der Waals surface area contributed by atoms with E-state index in [9.17, 15) is 0 Å². The van der Waals surface area contributed by atoms with Crippen LogP contribution in [0.15, 0.2) is 188 Å². The summed E-state index contributed by atoms with van der Waals surface area (Å²) in [6.07, 6.45) is 1.86. The normalized spacial score (nSPS) is 18.6. The monoisotopic (exact) mass is 633 g/mol. The topological polar surface area (TPSA) is 12.9 Å². The average molecular weight is 634 g/mol. The summed E-state index contributed by atoms with van der Waals surface area (Å²) in [5.41, 5.74) is 19.8. The van der Waals surface area contributed by atoms with Gasteiger partial charge < -0.3 is 0 Å². The van der Waals surface area contributed by atoms with Gasteiger partial charge in [0.15, 0.2) is 0 Å². The predicted octanol–water partition coefficient (Wildman–Crippen LogP) is 11.5. The molecule has 1 spiro atoms. The molecule has 1 heteroatoms. The van der Waals surface area contributed by atoms with Crippen molar-refractivity contribution in [3.05, 3.63) is 233 Å². The minimum atomic E-state index is -0.523. The number of aromatic nitrogens is 1. The Morgan fingerprint density at radius 1 is 0.300 bits per heavy atom. The Labute approximate surface area is 292 Å². The lowest BCUT2D eigenvalue weighted by molar-refractivity contribution is 0.637. The minimum Gasteiger partial charge on any atom is -0.256 e. The highest BCUT2D eigenvalue weighted by Gasteiger charge is 2.60. The van der Waals surface area contributed by atoms with E-state index in [2.05, 4.69) is 175 Å². The third-order valence-corrected chi connectivity index (χ3v) is 11.6. The van der Waals surface area contributed by atoms with Crippen molar-refractivity contribution < 1.29 is 0 Å². The van der Waals surface area contributed by atoms with E-state index < -0.39 is 10.8 Å². The van der Waals surface area contributed by atoms with Crippen LogP contribution in [0, 0.1) is 0 Å². The van der Waals surface area contributed by atoms with E-state index in [4.69, 9.17) is 0 Å². The predicted molar refractivity (Wildman–Crippen MR) is 203 cm³/mol. The molecule has 0 radical (unpaired) electrons. The maximum atomic E-state index is 4.62. The molecule has 3 aliphatic rings. The van der Waals surface area contributed by atoms with Crippen molar-refractivity contribution in [1.29, 1.82) is 0 Å². The van der Waals surface area contributed by atoms with Crippen molar-refractivity contribution in [1.82, 2.24) is 4.98 Å². The molecule has 0 fully saturated rings. The van der Waals surface area contributed by atoms with E-state index in [0.29, 0.717) is 0 Å². The van der Waals surface area contributed by atoms with Gasteiger partial charge in [-0.15, -0.1) is 0 Å². The number of rotatable bonds is 3. The fraction of sp³-hybridized carbons (Fsp3) is 0.0408. The van der Waals surface area contributed by atoms with Gasteiger partial charge in [0.05, 0.1) is 16.5 Å². The van der Waals surface area contributed by atoms with Gasteiger partial charge in [0.2, 0.25) is 0 Å². The van der Waals surface area contributed by atoms with Gasteiger partial charge in [-0.25, -0.2) is 0 Å². The Hall–Kier alpha value is -6.31. The maximum absolute atomic E-state index is 4.62. The molecule has 0 amide bonds. The first-order chi connectivity index (χ1) is 24.8. The Kier molecular flexibility index (Phi) is 5.58. The molecule has 1 aromatic heterocycles. The number of hydrogen-bond acceptors (Lipinski definition) is 1. The smallest absolute Gasteiger partial charge is 0.0726 e. The first-order valence-corrected chi connectivity index (χ1v) is 17.5. The maximum Gasteiger partial charge on any atom is 0.0726 e. The molecule has 0 bridgehead atoms. The Bertz CT molecular complexity index is 2640. The second kappa shape index (κ2) is 10.1. The van der Waals surface area contributed by atoms with E-state index in [1.807, 2.05) is 18.3 Å². The average Bonchev–Trinajstić information content (AvgIpc) is 3.68. The first kappa shape index (κ1) is 27.6. The second-order valence-corrected chi connectivity index (χ2v) is 13.8. The summed E-state index contributed by atoms with van der Waals surface area (Å²) < 4.78 is 0. The van der Waals surface area contributed by atoms with Crippen LogP contribution in [0.3, 0.4) is 0 Å². The molecule has 2 atom stereocenters. The molecule has 8 aromatic rings. The van der Waals surface area contributed by atoms with Gasteiger partial charge in [-0.2, -0.15) is 0 Å². The van der Waals surface area contributed by atoms with Crippen molar-refractivity contribution in [2.24, 2.45) is 0 Å². The van der Waals surface area contributed by atoms with Crippen LogP contribution in [0.1, 0.15) is 44.5 Å². The Balaban J connectivity index is 1.29. The molecular weight excluding hydrogens is 603 g/mol. The van der Waals surface area contributed by atoms with Crippen LogP contribution in [-0.4, -0.2) is 4.98 Å². The summed E-state index contributed by atoms with van der Waals surface area (Å²) in [6, 6.07) is 67.9. The molecular formula is C49H31N. The van der Waals surface area contributed by atoms with Crippen molar-refractivity contribution in [2.45, 2.75) is 10.8 Å². The van der Waals surface area contributed by atoms with Gasteiger partial charge >= 0.3 is 0 Å². The molecule has 50 heavy (non-hydrogen) atoms. The molecule has 1 nitrogen and oxygen atoms in total. The van der Waals surface area contributed by atoms with Gasteiger partial charge in [0.1, 0.15) is 0 Å². The molecule has 2 unspecified atom stereocenters. The van der Waals surface area contributed by atoms with Crippen LogP contribution in [0.25, 0.3) is 44.6 Å². The van der Waals surface area contributed by atoms with Crippen LogP contribution >= 0.6 is 0 Å². The quantitative estimate of drug-likeness (QED) is 0.189. The number of fused-ring (bicyclic) bond motifs is 12. The lowest BCUT2D eigenvalue weighted by atomic mass is 9.52. The number of benzene rings is 7. The molecule has 1 heterocycles. The van der Waals surface area contributed by atoms with Crippen LogP contribution < -0.4 is 0 Å². The molecule has 0 N–H and O–H groups in total. The lowest BCUT2D eigenvalue weighted by Gasteiger charge is -2.48. The zero-order valence-electron chi connectivity index (χ0n) is 27.3. The summed E-state index contributed by atoms with van der Waals surface area (Å²) in [4.78, 5) is 4.62. The third-order valence-electron chi connectivity index (χ3n) is 11.6. The number of nitrogens with zero attached hydrogens (tertiary/aromatic N) is 1. The van der Waals surface area contributed by atoms with Crippen molar-refractivity contribution >= 4 is 0 Å². The fourth-order valence-electron chi connectivity index (χ4n) is 9.89. The molecule has 11 rings (SSSR count). The van der Waals surface area contributed by atoms with Gasteiger partial charge in [0.25, 0.3) is 0 Å². The van der Waals surface area contributed by atoms with Gasteiger partial charge in [-0.3, -0.25) is 4.98 Å². The van der Waals surface area contributed by atoms with E-state index in [1.54, 1.807) is 0 Å². The van der Waals surface area contributed by atoms with Crippen LogP contribution in [0.4, 0.5) is 0 Å². The lowest BCUT2D eigenvalue weighted by Crippen LogP contribution is -2.43. The summed E-state index contributed by atoms with van der Waals surface area (Å²) in [7, 11) is 0. The minimum absolute atomic E-state index is 0.442. The fourth-order valence-corrected chi connectivity index (χ4v) is 9.89. The van der Waals surface area contributed by atoms with E-state index in [0.717, 1.165) is 11.3 Å². The highest BCUT2D eigenvalue weighted by Crippen LogP contribution is 2.69. The number of hydrogen-bond donors (Lipinski definition) is 0. The zero-order valence-corrected chi connectivity index (χ0v) is 27.3. The van der Waals surface area contributed by atoms with Crippen molar-refractivity contribution in [2.75, 3.05) is 0 Å². The summed E-state index contributed by atoms with van der Waals surface area (Å²) in [5.74, 6) is 0. The van der Waals surface area contributed by atoms with E-state index >= 15 is 0 Å². The molecule has 0 saturated heterocycles. The van der Waals surface area contributed by atoms with Crippen molar-refractivity contribution in [3.8, 4) is 44.6 Å². The molecule has 0 aliphatic heterocycles. The summed E-state index contributed by atoms with van der Waals surface area (Å²) in [6.45, 7) is 0. The highest BCUT2D eigenvalue weighted by molar-refractivity contribution is 5.98. The van der Waals surface area contributed by atoms with Gasteiger partial charge in [0, 0.05) is 11.8 Å². The number of pyridine rings is 1. The molecule has 7 aromatic carbocycles. The second-order valence-electron chi connectivity index (χ2n) is 13.8. The highest BCUT2D eigenvalue weighted by atomic mass is 14.7. The Morgan fingerprint density at radius 3 is 1.50 bits per heavy atom. The largest absolute Gasteiger partial charge is 0.256 e. The first-order valence-electron chi connectivity index (χ1n) is 17.5. The van der Waals surface area contributed by atoms with E-state index in [1.165, 1.54) is 77.9 Å². The van der Waals surface area contributed by atoms with E-state index in [-0.39, 0.29) is 0 Å². The van der Waals surface area contributed by atoms with Crippen LogP contribution in [0.5, 0.6) is 0 Å². The standard InChI is InChI=1S/C49H31N/c1-2-14-34(15-3-1)48-40-21-6-4-17-37(40)39-20-13-25-44(47(39)48)49(43-24-9-8-23-42(43)48)41-22-7-5-16-36(41)38-19-12-18-35(46(38)49)32-27-29-33(30-28-32)45-26-10-11-31-50-45/h1-31H. The Morgan fingerprint density at radius 2 is 0.800 bits per heavy atom. The van der Waals surface area contributed by atoms with Crippen molar-refractivity contribution in [3.63, 3.8) is 0 Å². The third kappa shape index (κ3) is 3.30. The van der Waals surface area contributed by atoms with Crippen LogP contribution in [-0.2, 0) is 10.8 Å². The van der Waals surface area contributed by atoms with Crippen LogP contribution in [0.2, 0.25) is 0 Å².